The van der Waals surface area contributed by atoms with Gasteiger partial charge in [0.05, 0.1) is 12.2 Å². The lowest BCUT2D eigenvalue weighted by atomic mass is 10.1. The molecule has 0 aromatic carbocycles. The van der Waals surface area contributed by atoms with Gasteiger partial charge in [0.25, 0.3) is 0 Å². The second-order valence-electron chi connectivity index (χ2n) is 4.99. The smallest absolute Gasteiger partial charge is 0.0540 e. The maximum atomic E-state index is 4.56. The van der Waals surface area contributed by atoms with E-state index >= 15 is 0 Å². The lowest BCUT2D eigenvalue weighted by molar-refractivity contribution is 0.429. The van der Waals surface area contributed by atoms with Gasteiger partial charge >= 0.3 is 0 Å². The van der Waals surface area contributed by atoms with Crippen LogP contribution in [0.3, 0.4) is 0 Å². The summed E-state index contributed by atoms with van der Waals surface area (Å²) in [6, 6.07) is 0.979. The molecule has 1 saturated carbocycles. The van der Waals surface area contributed by atoms with Crippen molar-refractivity contribution < 1.29 is 0 Å². The molecular formula is C13H23N3. The first-order chi connectivity index (χ1) is 7.65. The molecule has 0 saturated heterocycles. The van der Waals surface area contributed by atoms with E-state index in [0.29, 0.717) is 12.1 Å². The highest BCUT2D eigenvalue weighted by Gasteiger charge is 2.30. The van der Waals surface area contributed by atoms with Crippen LogP contribution in [0, 0.1) is 12.8 Å². The number of aromatic nitrogens is 2. The van der Waals surface area contributed by atoms with Gasteiger partial charge in [0.15, 0.2) is 0 Å². The van der Waals surface area contributed by atoms with Gasteiger partial charge in [-0.3, -0.25) is 4.68 Å². The number of hydrogen-bond donors (Lipinski definition) is 1. The molecular weight excluding hydrogens is 198 g/mol. The highest BCUT2D eigenvalue weighted by molar-refractivity contribution is 5.20. The zero-order valence-electron chi connectivity index (χ0n) is 10.8. The summed E-state index contributed by atoms with van der Waals surface area (Å²) in [5.74, 6) is 0.862. The van der Waals surface area contributed by atoms with Crippen molar-refractivity contribution in [1.29, 1.82) is 0 Å². The zero-order valence-corrected chi connectivity index (χ0v) is 10.8. The van der Waals surface area contributed by atoms with Crippen LogP contribution in [0.2, 0.25) is 0 Å². The van der Waals surface area contributed by atoms with E-state index in [-0.39, 0.29) is 0 Å². The van der Waals surface area contributed by atoms with Crippen molar-refractivity contribution >= 4 is 0 Å². The first-order valence-electron chi connectivity index (χ1n) is 6.42. The molecule has 16 heavy (non-hydrogen) atoms. The minimum absolute atomic E-state index is 0.408. The van der Waals surface area contributed by atoms with Crippen molar-refractivity contribution in [3.8, 4) is 0 Å². The van der Waals surface area contributed by atoms with Crippen LogP contribution >= 0.6 is 0 Å². The fourth-order valence-electron chi connectivity index (χ4n) is 2.47. The lowest BCUT2D eigenvalue weighted by Gasteiger charge is -2.16. The monoisotopic (exact) mass is 221 g/mol. The molecule has 1 fully saturated rings. The summed E-state index contributed by atoms with van der Waals surface area (Å²) in [4.78, 5) is 0. The van der Waals surface area contributed by atoms with Gasteiger partial charge in [-0.05, 0) is 46.1 Å². The van der Waals surface area contributed by atoms with Crippen molar-refractivity contribution in [3.63, 3.8) is 0 Å². The minimum Gasteiger partial charge on any atom is -0.310 e. The molecule has 1 N–H and O–H groups in total. The molecule has 0 amide bonds. The molecule has 1 aliphatic carbocycles. The molecule has 1 aromatic rings. The fraction of sp³-hybridized carbons (Fsp3) is 0.769. The Morgan fingerprint density at radius 1 is 1.50 bits per heavy atom. The van der Waals surface area contributed by atoms with Crippen LogP contribution in [-0.2, 0) is 0 Å². The molecule has 1 heterocycles. The summed E-state index contributed by atoms with van der Waals surface area (Å²) >= 11 is 0. The standard InChI is InChI=1S/C13H23N3/c1-5-14-9(2)13-8-15-16(11(13)4)10(3)12-6-7-12/h8-10,12,14H,5-7H2,1-4H3. The lowest BCUT2D eigenvalue weighted by Crippen LogP contribution is -2.18. The van der Waals surface area contributed by atoms with Gasteiger partial charge in [-0.2, -0.15) is 5.10 Å². The fourth-order valence-corrected chi connectivity index (χ4v) is 2.47. The Hall–Kier alpha value is -0.830. The third-order valence-electron chi connectivity index (χ3n) is 3.75. The topological polar surface area (TPSA) is 29.9 Å². The first-order valence-corrected chi connectivity index (χ1v) is 6.42. The summed E-state index contributed by atoms with van der Waals surface area (Å²) in [7, 11) is 0. The molecule has 3 heteroatoms. The third kappa shape index (κ3) is 2.14. The molecule has 1 aliphatic rings. The summed E-state index contributed by atoms with van der Waals surface area (Å²) < 4.78 is 2.21. The van der Waals surface area contributed by atoms with Gasteiger partial charge in [0.2, 0.25) is 0 Å². The van der Waals surface area contributed by atoms with Crippen LogP contribution in [0.15, 0.2) is 6.20 Å². The highest BCUT2D eigenvalue weighted by Crippen LogP contribution is 2.40. The normalized spacial score (nSPS) is 19.8. The summed E-state index contributed by atoms with van der Waals surface area (Å²) in [6.07, 6.45) is 4.78. The van der Waals surface area contributed by atoms with Crippen molar-refractivity contribution in [2.75, 3.05) is 6.54 Å². The minimum atomic E-state index is 0.408. The van der Waals surface area contributed by atoms with E-state index in [1.165, 1.54) is 24.1 Å². The molecule has 1 aromatic heterocycles. The molecule has 0 bridgehead atoms. The molecule has 2 atom stereocenters. The molecule has 90 valence electrons. The molecule has 2 rings (SSSR count). The van der Waals surface area contributed by atoms with E-state index in [4.69, 9.17) is 0 Å². The Morgan fingerprint density at radius 3 is 2.75 bits per heavy atom. The van der Waals surface area contributed by atoms with Crippen molar-refractivity contribution in [3.05, 3.63) is 17.5 Å². The quantitative estimate of drug-likeness (QED) is 0.828. The predicted octanol–water partition coefficient (Wildman–Crippen LogP) is 2.83. The molecule has 0 spiro atoms. The van der Waals surface area contributed by atoms with Gasteiger partial charge in [0.1, 0.15) is 0 Å². The van der Waals surface area contributed by atoms with Crippen LogP contribution in [0.5, 0.6) is 0 Å². The van der Waals surface area contributed by atoms with E-state index < -0.39 is 0 Å². The predicted molar refractivity (Wildman–Crippen MR) is 66.5 cm³/mol. The Morgan fingerprint density at radius 2 is 2.19 bits per heavy atom. The van der Waals surface area contributed by atoms with E-state index in [1.807, 2.05) is 6.20 Å². The Kier molecular flexibility index (Phi) is 3.33. The number of hydrogen-bond acceptors (Lipinski definition) is 2. The summed E-state index contributed by atoms with van der Waals surface area (Å²) in [5, 5.41) is 8.00. The molecule has 0 aliphatic heterocycles. The zero-order chi connectivity index (χ0) is 11.7. The van der Waals surface area contributed by atoms with E-state index in [2.05, 4.69) is 42.8 Å². The number of nitrogens with zero attached hydrogens (tertiary/aromatic N) is 2. The largest absolute Gasteiger partial charge is 0.310 e. The van der Waals surface area contributed by atoms with Crippen LogP contribution in [0.25, 0.3) is 0 Å². The Labute approximate surface area is 98.2 Å². The maximum Gasteiger partial charge on any atom is 0.0540 e. The average molecular weight is 221 g/mol. The van der Waals surface area contributed by atoms with Crippen LogP contribution in [0.4, 0.5) is 0 Å². The highest BCUT2D eigenvalue weighted by atomic mass is 15.3. The van der Waals surface area contributed by atoms with Gasteiger partial charge in [-0.25, -0.2) is 0 Å². The molecule has 2 unspecified atom stereocenters. The third-order valence-corrected chi connectivity index (χ3v) is 3.75. The van der Waals surface area contributed by atoms with E-state index in [0.717, 1.165) is 12.5 Å². The second kappa shape index (κ2) is 4.58. The Bertz CT molecular complexity index is 352. The average Bonchev–Trinajstić information content (AvgIpc) is 3.02. The Balaban J connectivity index is 2.16. The molecule has 0 radical (unpaired) electrons. The SMILES string of the molecule is CCNC(C)c1cnn(C(C)C2CC2)c1C. The van der Waals surface area contributed by atoms with Crippen LogP contribution in [-0.4, -0.2) is 16.3 Å². The van der Waals surface area contributed by atoms with E-state index in [9.17, 15) is 0 Å². The van der Waals surface area contributed by atoms with Crippen molar-refractivity contribution in [2.45, 2.75) is 52.6 Å². The maximum absolute atomic E-state index is 4.56. The number of rotatable bonds is 5. The van der Waals surface area contributed by atoms with Gasteiger partial charge in [-0.1, -0.05) is 6.92 Å². The summed E-state index contributed by atoms with van der Waals surface area (Å²) in [5.41, 5.74) is 2.67. The van der Waals surface area contributed by atoms with Gasteiger partial charge in [-0.15, -0.1) is 0 Å². The van der Waals surface area contributed by atoms with Crippen LogP contribution in [0.1, 0.15) is 57.0 Å². The van der Waals surface area contributed by atoms with Gasteiger partial charge < -0.3 is 5.32 Å². The summed E-state index contributed by atoms with van der Waals surface area (Å²) in [6.45, 7) is 9.83. The first kappa shape index (κ1) is 11.6. The second-order valence-corrected chi connectivity index (χ2v) is 4.99. The number of nitrogens with one attached hydrogen (secondary N) is 1. The molecule has 3 nitrogen and oxygen atoms in total. The van der Waals surface area contributed by atoms with Crippen molar-refractivity contribution in [1.82, 2.24) is 15.1 Å². The van der Waals surface area contributed by atoms with Crippen molar-refractivity contribution in [2.24, 2.45) is 5.92 Å². The van der Waals surface area contributed by atoms with Crippen LogP contribution < -0.4 is 5.32 Å². The van der Waals surface area contributed by atoms with Gasteiger partial charge in [0, 0.05) is 17.3 Å². The van der Waals surface area contributed by atoms with E-state index in [1.54, 1.807) is 0 Å².